The number of nitrogen functional groups attached to an aromatic ring is 1. The maximum Gasteiger partial charge on any atom is 0.361 e. The van der Waals surface area contributed by atoms with Gasteiger partial charge in [0.2, 0.25) is 0 Å². The van der Waals surface area contributed by atoms with Crippen molar-refractivity contribution in [1.82, 2.24) is 9.97 Å². The van der Waals surface area contributed by atoms with Gasteiger partial charge in [0.05, 0.1) is 17.5 Å². The van der Waals surface area contributed by atoms with Crippen molar-refractivity contribution in [3.05, 3.63) is 48.4 Å². The fraction of sp³-hybridized carbons (Fsp3) is 0.294. The minimum Gasteiger partial charge on any atom is -0.451 e. The number of carbonyl (C=O) groups is 2. The predicted octanol–water partition coefficient (Wildman–Crippen LogP) is 0.436. The molecule has 1 aromatic carbocycles. The molecule has 1 aliphatic rings. The van der Waals surface area contributed by atoms with E-state index in [1.165, 1.54) is 17.3 Å². The maximum absolute atomic E-state index is 12.7. The van der Waals surface area contributed by atoms with Gasteiger partial charge in [-0.3, -0.25) is 4.79 Å². The summed E-state index contributed by atoms with van der Waals surface area (Å²) >= 11 is 0. The van der Waals surface area contributed by atoms with Crippen LogP contribution >= 0.6 is 0 Å². The molecule has 1 saturated heterocycles. The Bertz CT molecular complexity index is 949. The number of sulfone groups is 1. The van der Waals surface area contributed by atoms with Gasteiger partial charge in [-0.2, -0.15) is 0 Å². The molecule has 0 aliphatic carbocycles. The summed E-state index contributed by atoms with van der Waals surface area (Å²) in [7, 11) is -3.20. The SMILES string of the molecule is Nc1nccnc1C(=O)OCC(=O)N(c1ccccc1)[C@@H]1CCS(=O)(=O)C1. The summed E-state index contributed by atoms with van der Waals surface area (Å²) in [6.45, 7) is -0.569. The number of nitrogens with zero attached hydrogens (tertiary/aromatic N) is 3. The van der Waals surface area contributed by atoms with E-state index in [0.717, 1.165) is 0 Å². The lowest BCUT2D eigenvalue weighted by molar-refractivity contribution is -0.122. The number of hydrogen-bond acceptors (Lipinski definition) is 8. The first-order valence-electron chi connectivity index (χ1n) is 8.18. The maximum atomic E-state index is 12.7. The lowest BCUT2D eigenvalue weighted by atomic mass is 10.2. The van der Waals surface area contributed by atoms with Gasteiger partial charge in [0.25, 0.3) is 5.91 Å². The van der Waals surface area contributed by atoms with E-state index in [9.17, 15) is 18.0 Å². The third-order valence-corrected chi connectivity index (χ3v) is 5.87. The molecule has 1 fully saturated rings. The van der Waals surface area contributed by atoms with Crippen LogP contribution in [0, 0.1) is 0 Å². The molecule has 0 unspecified atom stereocenters. The molecule has 10 heteroatoms. The van der Waals surface area contributed by atoms with Crippen molar-refractivity contribution in [2.24, 2.45) is 0 Å². The molecule has 2 heterocycles. The summed E-state index contributed by atoms with van der Waals surface area (Å²) in [5.74, 6) is -1.61. The first-order valence-corrected chi connectivity index (χ1v) is 10.0. The highest BCUT2D eigenvalue weighted by Gasteiger charge is 2.35. The number of anilines is 2. The molecule has 0 spiro atoms. The Morgan fingerprint density at radius 3 is 2.52 bits per heavy atom. The molecule has 1 aliphatic heterocycles. The number of hydrogen-bond donors (Lipinski definition) is 1. The lowest BCUT2D eigenvalue weighted by Crippen LogP contribution is -2.43. The van der Waals surface area contributed by atoms with Crippen LogP contribution in [0.2, 0.25) is 0 Å². The first-order chi connectivity index (χ1) is 12.9. The Hall–Kier alpha value is -3.01. The number of amides is 1. The minimum atomic E-state index is -3.20. The van der Waals surface area contributed by atoms with Crippen molar-refractivity contribution >= 4 is 33.2 Å². The van der Waals surface area contributed by atoms with Crippen LogP contribution in [0.25, 0.3) is 0 Å². The third-order valence-electron chi connectivity index (χ3n) is 4.12. The molecular formula is C17H18N4O5S. The van der Waals surface area contributed by atoms with Gasteiger partial charge in [0.15, 0.2) is 28.0 Å². The smallest absolute Gasteiger partial charge is 0.361 e. The molecule has 0 bridgehead atoms. The van der Waals surface area contributed by atoms with E-state index in [1.807, 2.05) is 0 Å². The number of para-hydroxylation sites is 1. The third kappa shape index (κ3) is 4.40. The lowest BCUT2D eigenvalue weighted by Gasteiger charge is -2.28. The number of nitrogens with two attached hydrogens (primary N) is 1. The van der Waals surface area contributed by atoms with Gasteiger partial charge in [0.1, 0.15) is 0 Å². The van der Waals surface area contributed by atoms with Crippen molar-refractivity contribution in [2.45, 2.75) is 12.5 Å². The second-order valence-corrected chi connectivity index (χ2v) is 8.25. The highest BCUT2D eigenvalue weighted by atomic mass is 32.2. The fourth-order valence-corrected chi connectivity index (χ4v) is 4.60. The zero-order chi connectivity index (χ0) is 19.4. The van der Waals surface area contributed by atoms with Gasteiger partial charge in [-0.25, -0.2) is 23.2 Å². The van der Waals surface area contributed by atoms with Crippen LogP contribution in [-0.2, 0) is 19.4 Å². The number of aromatic nitrogens is 2. The van der Waals surface area contributed by atoms with Crippen molar-refractivity contribution < 1.29 is 22.7 Å². The van der Waals surface area contributed by atoms with Crippen LogP contribution in [0.15, 0.2) is 42.7 Å². The van der Waals surface area contributed by atoms with Gasteiger partial charge in [-0.05, 0) is 18.6 Å². The van der Waals surface area contributed by atoms with Crippen molar-refractivity contribution in [3.63, 3.8) is 0 Å². The van der Waals surface area contributed by atoms with Crippen LogP contribution in [0.4, 0.5) is 11.5 Å². The molecule has 1 amide bonds. The van der Waals surface area contributed by atoms with Crippen LogP contribution in [-0.4, -0.2) is 54.4 Å². The molecule has 142 valence electrons. The molecule has 2 N–H and O–H groups in total. The first kappa shape index (κ1) is 18.8. The van der Waals surface area contributed by atoms with Crippen LogP contribution in [0.5, 0.6) is 0 Å². The summed E-state index contributed by atoms with van der Waals surface area (Å²) in [5, 5.41) is 0. The van der Waals surface area contributed by atoms with E-state index in [1.54, 1.807) is 30.3 Å². The van der Waals surface area contributed by atoms with Crippen LogP contribution in [0.3, 0.4) is 0 Å². The van der Waals surface area contributed by atoms with E-state index in [4.69, 9.17) is 10.5 Å². The number of carbonyl (C=O) groups excluding carboxylic acids is 2. The molecule has 1 atom stereocenters. The van der Waals surface area contributed by atoms with Crippen molar-refractivity contribution in [2.75, 3.05) is 28.7 Å². The second-order valence-electron chi connectivity index (χ2n) is 6.02. The van der Waals surface area contributed by atoms with E-state index in [2.05, 4.69) is 9.97 Å². The zero-order valence-corrected chi connectivity index (χ0v) is 15.1. The van der Waals surface area contributed by atoms with Gasteiger partial charge in [-0.1, -0.05) is 18.2 Å². The molecule has 1 aromatic heterocycles. The van der Waals surface area contributed by atoms with Gasteiger partial charge >= 0.3 is 5.97 Å². The predicted molar refractivity (Wildman–Crippen MR) is 97.7 cm³/mol. The molecule has 0 saturated carbocycles. The molecular weight excluding hydrogens is 372 g/mol. The Labute approximate surface area is 156 Å². The van der Waals surface area contributed by atoms with Gasteiger partial charge in [-0.15, -0.1) is 0 Å². The minimum absolute atomic E-state index is 0.0181. The quantitative estimate of drug-likeness (QED) is 0.727. The van der Waals surface area contributed by atoms with Crippen molar-refractivity contribution in [3.8, 4) is 0 Å². The van der Waals surface area contributed by atoms with E-state index < -0.39 is 34.4 Å². The Kier molecular flexibility index (Phi) is 5.36. The Morgan fingerprint density at radius 1 is 1.19 bits per heavy atom. The average Bonchev–Trinajstić information content (AvgIpc) is 3.00. The largest absolute Gasteiger partial charge is 0.451 e. The second kappa shape index (κ2) is 7.70. The average molecular weight is 390 g/mol. The van der Waals surface area contributed by atoms with Gasteiger partial charge in [0, 0.05) is 18.1 Å². The highest BCUT2D eigenvalue weighted by molar-refractivity contribution is 7.91. The number of rotatable bonds is 5. The molecule has 2 aromatic rings. The van der Waals surface area contributed by atoms with Crippen LogP contribution in [0.1, 0.15) is 16.9 Å². The standard InChI is InChI=1S/C17H18N4O5S/c18-16-15(19-7-8-20-16)17(23)26-10-14(22)21(12-4-2-1-3-5-12)13-6-9-27(24,25)11-13/h1-5,7-8,13H,6,9-11H2,(H2,18,20)/t13-/m1/s1. The fourth-order valence-electron chi connectivity index (χ4n) is 2.90. The topological polar surface area (TPSA) is 133 Å². The summed E-state index contributed by atoms with van der Waals surface area (Å²) in [6, 6.07) is 8.16. The molecule has 27 heavy (non-hydrogen) atoms. The monoisotopic (exact) mass is 390 g/mol. The van der Waals surface area contributed by atoms with Crippen molar-refractivity contribution in [1.29, 1.82) is 0 Å². The summed E-state index contributed by atoms with van der Waals surface area (Å²) in [5.41, 5.74) is 5.93. The van der Waals surface area contributed by atoms with E-state index in [-0.39, 0.29) is 23.0 Å². The number of benzene rings is 1. The summed E-state index contributed by atoms with van der Waals surface area (Å²) in [4.78, 5) is 33.7. The molecule has 3 rings (SSSR count). The Balaban J connectivity index is 1.76. The summed E-state index contributed by atoms with van der Waals surface area (Å²) in [6.07, 6.45) is 2.94. The molecule has 0 radical (unpaired) electrons. The summed E-state index contributed by atoms with van der Waals surface area (Å²) < 4.78 is 28.7. The normalized spacial score (nSPS) is 18.0. The highest BCUT2D eigenvalue weighted by Crippen LogP contribution is 2.24. The number of ether oxygens (including phenoxy) is 1. The Morgan fingerprint density at radius 2 is 1.89 bits per heavy atom. The van der Waals surface area contributed by atoms with Crippen LogP contribution < -0.4 is 10.6 Å². The number of esters is 1. The van der Waals surface area contributed by atoms with E-state index >= 15 is 0 Å². The molecule has 9 nitrogen and oxygen atoms in total. The van der Waals surface area contributed by atoms with E-state index in [0.29, 0.717) is 12.1 Å². The van der Waals surface area contributed by atoms with Gasteiger partial charge < -0.3 is 15.4 Å². The zero-order valence-electron chi connectivity index (χ0n) is 14.3.